The number of hydrogen-bond acceptors (Lipinski definition) is 5. The lowest BCUT2D eigenvalue weighted by Crippen LogP contribution is -2.38. The van der Waals surface area contributed by atoms with Crippen LogP contribution in [0.25, 0.3) is 0 Å². The van der Waals surface area contributed by atoms with Crippen molar-refractivity contribution in [3.05, 3.63) is 59.7 Å². The lowest BCUT2D eigenvalue weighted by molar-refractivity contribution is -0.121. The van der Waals surface area contributed by atoms with E-state index in [4.69, 9.17) is 4.74 Å². The van der Waals surface area contributed by atoms with Crippen molar-refractivity contribution in [1.29, 1.82) is 0 Å². The highest BCUT2D eigenvalue weighted by molar-refractivity contribution is 5.92. The van der Waals surface area contributed by atoms with E-state index in [-0.39, 0.29) is 23.9 Å². The molecule has 0 bridgehead atoms. The van der Waals surface area contributed by atoms with Crippen molar-refractivity contribution in [2.75, 3.05) is 33.4 Å². The van der Waals surface area contributed by atoms with E-state index in [0.29, 0.717) is 26.2 Å². The van der Waals surface area contributed by atoms with Crippen molar-refractivity contribution in [2.45, 2.75) is 19.8 Å². The second-order valence-corrected chi connectivity index (χ2v) is 6.16. The fourth-order valence-corrected chi connectivity index (χ4v) is 2.50. The Kier molecular flexibility index (Phi) is 8.38. The fraction of sp³-hybridized carbons (Fsp3) is 0.400. The summed E-state index contributed by atoms with van der Waals surface area (Å²) in [6.07, 6.45) is 4.01. The molecule has 2 aromatic rings. The van der Waals surface area contributed by atoms with Crippen molar-refractivity contribution in [2.24, 2.45) is 0 Å². The second-order valence-electron chi connectivity index (χ2n) is 6.16. The first kappa shape index (κ1) is 20.5. The molecule has 1 aromatic carbocycles. The van der Waals surface area contributed by atoms with Gasteiger partial charge in [0.1, 0.15) is 5.69 Å². The average molecular weight is 370 g/mol. The second kappa shape index (κ2) is 11.0. The molecule has 0 radical (unpaired) electrons. The zero-order valence-corrected chi connectivity index (χ0v) is 15.9. The van der Waals surface area contributed by atoms with Gasteiger partial charge in [-0.25, -0.2) is 4.98 Å². The maximum atomic E-state index is 12.6. The number of nitrogens with zero attached hydrogens (tertiary/aromatic N) is 3. The number of methoxy groups -OCH3 is 1. The molecule has 0 spiro atoms. The molecule has 0 aliphatic rings. The number of benzene rings is 1. The van der Waals surface area contributed by atoms with Gasteiger partial charge in [0.05, 0.1) is 18.5 Å². The van der Waals surface area contributed by atoms with Gasteiger partial charge in [-0.05, 0) is 18.9 Å². The topological polar surface area (TPSA) is 84.4 Å². The van der Waals surface area contributed by atoms with Crippen molar-refractivity contribution >= 4 is 11.8 Å². The molecule has 0 aliphatic heterocycles. The average Bonchev–Trinajstić information content (AvgIpc) is 2.69. The van der Waals surface area contributed by atoms with Crippen LogP contribution in [-0.2, 0) is 16.0 Å². The zero-order valence-electron chi connectivity index (χ0n) is 15.9. The van der Waals surface area contributed by atoms with Crippen LogP contribution in [0.15, 0.2) is 42.7 Å². The van der Waals surface area contributed by atoms with Crippen LogP contribution in [0.4, 0.5) is 0 Å². The first-order chi connectivity index (χ1) is 13.1. The predicted molar refractivity (Wildman–Crippen MR) is 102 cm³/mol. The SMILES string of the molecule is COCCN(CCC(=O)NCCc1ccccc1)C(=O)c1cnc(C)cn1. The quantitative estimate of drug-likeness (QED) is 0.687. The molecule has 27 heavy (non-hydrogen) atoms. The van der Waals surface area contributed by atoms with Gasteiger partial charge in [0, 0.05) is 39.4 Å². The number of hydrogen-bond donors (Lipinski definition) is 1. The Morgan fingerprint density at radius 3 is 2.56 bits per heavy atom. The van der Waals surface area contributed by atoms with Crippen LogP contribution >= 0.6 is 0 Å². The van der Waals surface area contributed by atoms with Gasteiger partial charge in [-0.1, -0.05) is 30.3 Å². The molecule has 2 rings (SSSR count). The summed E-state index contributed by atoms with van der Waals surface area (Å²) in [6, 6.07) is 9.97. The molecular formula is C20H26N4O3. The highest BCUT2D eigenvalue weighted by Crippen LogP contribution is 2.03. The third-order valence-electron chi connectivity index (χ3n) is 4.04. The molecule has 0 saturated heterocycles. The Morgan fingerprint density at radius 2 is 1.89 bits per heavy atom. The molecule has 0 unspecified atom stereocenters. The van der Waals surface area contributed by atoms with E-state index >= 15 is 0 Å². The van der Waals surface area contributed by atoms with Crippen LogP contribution in [0.2, 0.25) is 0 Å². The van der Waals surface area contributed by atoms with E-state index in [9.17, 15) is 9.59 Å². The van der Waals surface area contributed by atoms with Gasteiger partial charge in [0.2, 0.25) is 5.91 Å². The van der Waals surface area contributed by atoms with Crippen LogP contribution in [0.5, 0.6) is 0 Å². The highest BCUT2D eigenvalue weighted by Gasteiger charge is 2.18. The summed E-state index contributed by atoms with van der Waals surface area (Å²) >= 11 is 0. The van der Waals surface area contributed by atoms with Gasteiger partial charge in [0.15, 0.2) is 0 Å². The maximum absolute atomic E-state index is 12.6. The standard InChI is InChI=1S/C20H26N4O3/c1-16-14-23-18(15-22-16)20(26)24(12-13-27-2)11-9-19(25)21-10-8-17-6-4-3-5-7-17/h3-7,14-15H,8-13H2,1-2H3,(H,21,25). The number of carbonyl (C=O) groups is 2. The number of rotatable bonds is 10. The Balaban J connectivity index is 1.82. The monoisotopic (exact) mass is 370 g/mol. The van der Waals surface area contributed by atoms with Gasteiger partial charge in [0.25, 0.3) is 5.91 Å². The van der Waals surface area contributed by atoms with Crippen molar-refractivity contribution in [1.82, 2.24) is 20.2 Å². The number of nitrogens with one attached hydrogen (secondary N) is 1. The Hall–Kier alpha value is -2.80. The third kappa shape index (κ3) is 7.15. The number of amides is 2. The van der Waals surface area contributed by atoms with Crippen LogP contribution in [-0.4, -0.2) is 60.0 Å². The first-order valence-corrected chi connectivity index (χ1v) is 8.97. The van der Waals surface area contributed by atoms with Gasteiger partial charge in [-0.15, -0.1) is 0 Å². The minimum atomic E-state index is -0.253. The molecule has 7 heteroatoms. The molecule has 144 valence electrons. The van der Waals surface area contributed by atoms with Crippen molar-refractivity contribution in [3.63, 3.8) is 0 Å². The summed E-state index contributed by atoms with van der Waals surface area (Å²) in [6.45, 7) is 3.46. The third-order valence-corrected chi connectivity index (χ3v) is 4.04. The summed E-state index contributed by atoms with van der Waals surface area (Å²) in [5.41, 5.74) is 2.18. The van der Waals surface area contributed by atoms with Gasteiger partial charge < -0.3 is 15.0 Å². The summed E-state index contributed by atoms with van der Waals surface area (Å²) in [5.74, 6) is -0.340. The molecule has 0 atom stereocenters. The maximum Gasteiger partial charge on any atom is 0.274 e. The first-order valence-electron chi connectivity index (χ1n) is 8.97. The molecule has 0 fully saturated rings. The van der Waals surface area contributed by atoms with Gasteiger partial charge in [-0.3, -0.25) is 14.6 Å². The van der Waals surface area contributed by atoms with E-state index in [2.05, 4.69) is 15.3 Å². The summed E-state index contributed by atoms with van der Waals surface area (Å²) < 4.78 is 5.07. The van der Waals surface area contributed by atoms with Crippen LogP contribution in [0.3, 0.4) is 0 Å². The van der Waals surface area contributed by atoms with Crippen molar-refractivity contribution < 1.29 is 14.3 Å². The van der Waals surface area contributed by atoms with E-state index < -0.39 is 0 Å². The highest BCUT2D eigenvalue weighted by atomic mass is 16.5. The Labute approximate surface area is 159 Å². The van der Waals surface area contributed by atoms with E-state index in [1.54, 1.807) is 18.2 Å². The van der Waals surface area contributed by atoms with Crippen LogP contribution in [0.1, 0.15) is 28.2 Å². The normalized spacial score (nSPS) is 10.4. The molecule has 0 aliphatic carbocycles. The lowest BCUT2D eigenvalue weighted by Gasteiger charge is -2.21. The van der Waals surface area contributed by atoms with Gasteiger partial charge >= 0.3 is 0 Å². The fourth-order valence-electron chi connectivity index (χ4n) is 2.50. The minimum Gasteiger partial charge on any atom is -0.383 e. The van der Waals surface area contributed by atoms with Crippen molar-refractivity contribution in [3.8, 4) is 0 Å². The van der Waals surface area contributed by atoms with Crippen LogP contribution < -0.4 is 5.32 Å². The molecular weight excluding hydrogens is 344 g/mol. The molecule has 7 nitrogen and oxygen atoms in total. The molecule has 1 heterocycles. The van der Waals surface area contributed by atoms with E-state index in [0.717, 1.165) is 12.1 Å². The van der Waals surface area contributed by atoms with E-state index in [1.165, 1.54) is 11.8 Å². The summed E-state index contributed by atoms with van der Waals surface area (Å²) in [4.78, 5) is 34.5. The molecule has 1 N–H and O–H groups in total. The Bertz CT molecular complexity index is 720. The molecule has 1 aromatic heterocycles. The number of carbonyl (C=O) groups excluding carboxylic acids is 2. The molecule has 0 saturated carbocycles. The Morgan fingerprint density at radius 1 is 1.11 bits per heavy atom. The number of aromatic nitrogens is 2. The zero-order chi connectivity index (χ0) is 19.5. The predicted octanol–water partition coefficient (Wildman–Crippen LogP) is 1.62. The van der Waals surface area contributed by atoms with Crippen LogP contribution in [0, 0.1) is 6.92 Å². The number of ether oxygens (including phenoxy) is 1. The minimum absolute atomic E-state index is 0.0869. The summed E-state index contributed by atoms with van der Waals surface area (Å²) in [7, 11) is 1.57. The summed E-state index contributed by atoms with van der Waals surface area (Å²) in [5, 5.41) is 2.89. The lowest BCUT2D eigenvalue weighted by atomic mass is 10.1. The number of aryl methyl sites for hydroxylation is 1. The molecule has 2 amide bonds. The van der Waals surface area contributed by atoms with Gasteiger partial charge in [-0.2, -0.15) is 0 Å². The smallest absolute Gasteiger partial charge is 0.274 e. The largest absolute Gasteiger partial charge is 0.383 e. The van der Waals surface area contributed by atoms with E-state index in [1.807, 2.05) is 37.3 Å².